The van der Waals surface area contributed by atoms with Crippen LogP contribution in [0.4, 0.5) is 4.79 Å². The molecule has 0 aliphatic carbocycles. The molecule has 2 unspecified atom stereocenters. The van der Waals surface area contributed by atoms with Crippen LogP contribution in [-0.4, -0.2) is 68.4 Å². The van der Waals surface area contributed by atoms with E-state index >= 15 is 0 Å². The third-order valence-corrected chi connectivity index (χ3v) is 3.22. The molecule has 2 saturated heterocycles. The number of carbonyl (C=O) groups is 1. The Kier molecular flexibility index (Phi) is 3.66. The molecule has 2 atom stereocenters. The van der Waals surface area contributed by atoms with Crippen LogP contribution in [0.5, 0.6) is 0 Å². The summed E-state index contributed by atoms with van der Waals surface area (Å²) in [6.07, 6.45) is 1.35. The molecule has 0 bridgehead atoms. The van der Waals surface area contributed by atoms with E-state index in [2.05, 4.69) is 9.80 Å². The molecule has 2 fully saturated rings. The van der Waals surface area contributed by atoms with Gasteiger partial charge in [0.15, 0.2) is 0 Å². The van der Waals surface area contributed by atoms with Gasteiger partial charge in [0, 0.05) is 26.2 Å². The van der Waals surface area contributed by atoms with Crippen molar-refractivity contribution < 1.29 is 14.3 Å². The highest BCUT2D eigenvalue weighted by atomic mass is 16.7. The van der Waals surface area contributed by atoms with Crippen molar-refractivity contribution in [3.63, 3.8) is 0 Å². The van der Waals surface area contributed by atoms with Gasteiger partial charge < -0.3 is 19.3 Å². The summed E-state index contributed by atoms with van der Waals surface area (Å²) in [6.45, 7) is 3.62. The second-order valence-electron chi connectivity index (χ2n) is 4.83. The van der Waals surface area contributed by atoms with Gasteiger partial charge in [0.1, 0.15) is 12.2 Å². The van der Waals surface area contributed by atoms with Crippen molar-refractivity contribution in [3.05, 3.63) is 0 Å². The second kappa shape index (κ2) is 5.01. The maximum atomic E-state index is 11.5. The Morgan fingerprint density at radius 1 is 1.00 bits per heavy atom. The minimum atomic E-state index is -0.499. The monoisotopic (exact) mass is 228 g/mol. The average molecular weight is 228 g/mol. The molecule has 0 N–H and O–H groups in total. The van der Waals surface area contributed by atoms with E-state index in [4.69, 9.17) is 9.47 Å². The van der Waals surface area contributed by atoms with E-state index in [-0.39, 0.29) is 12.2 Å². The van der Waals surface area contributed by atoms with Gasteiger partial charge in [-0.3, -0.25) is 0 Å². The molecular formula is C11H20N2O3. The summed E-state index contributed by atoms with van der Waals surface area (Å²) in [4.78, 5) is 15.8. The number of carbonyl (C=O) groups excluding carboxylic acids is 1. The first-order chi connectivity index (χ1) is 7.63. The van der Waals surface area contributed by atoms with E-state index in [9.17, 15) is 4.79 Å². The van der Waals surface area contributed by atoms with Crippen molar-refractivity contribution in [3.8, 4) is 0 Å². The van der Waals surface area contributed by atoms with Crippen LogP contribution in [0.2, 0.25) is 0 Å². The molecule has 92 valence electrons. The predicted molar refractivity (Wildman–Crippen MR) is 59.4 cm³/mol. The Balaban J connectivity index is 1.68. The lowest BCUT2D eigenvalue weighted by Gasteiger charge is -2.15. The van der Waals surface area contributed by atoms with E-state index in [1.165, 1.54) is 0 Å². The molecule has 2 aliphatic heterocycles. The first-order valence-electron chi connectivity index (χ1n) is 5.88. The number of ether oxygens (including phenoxy) is 2. The summed E-state index contributed by atoms with van der Waals surface area (Å²) in [7, 11) is 4.06. The van der Waals surface area contributed by atoms with Crippen LogP contribution in [0, 0.1) is 0 Å². The van der Waals surface area contributed by atoms with E-state index < -0.39 is 6.16 Å². The van der Waals surface area contributed by atoms with Gasteiger partial charge in [-0.25, -0.2) is 4.79 Å². The fraction of sp³-hybridized carbons (Fsp3) is 0.909. The molecule has 5 heteroatoms. The largest absolute Gasteiger partial charge is 0.508 e. The minimum absolute atomic E-state index is 0.0108. The molecule has 0 radical (unpaired) electrons. The summed E-state index contributed by atoms with van der Waals surface area (Å²) in [6, 6.07) is 0. The van der Waals surface area contributed by atoms with Crippen LogP contribution < -0.4 is 0 Å². The Morgan fingerprint density at radius 3 is 1.75 bits per heavy atom. The SMILES string of the molecule is CN1CCC(OC(=O)OC2CCN(C)C2)C1. The first kappa shape index (κ1) is 11.7. The van der Waals surface area contributed by atoms with Crippen LogP contribution >= 0.6 is 0 Å². The Hall–Kier alpha value is -0.810. The number of hydrogen-bond acceptors (Lipinski definition) is 5. The Labute approximate surface area is 96.3 Å². The number of likely N-dealkylation sites (N-methyl/N-ethyl adjacent to an activating group) is 2. The van der Waals surface area contributed by atoms with E-state index in [1.807, 2.05) is 14.1 Å². The second-order valence-corrected chi connectivity index (χ2v) is 4.83. The van der Waals surface area contributed by atoms with Gasteiger partial charge in [-0.2, -0.15) is 0 Å². The summed E-state index contributed by atoms with van der Waals surface area (Å²) in [5, 5.41) is 0. The van der Waals surface area contributed by atoms with Gasteiger partial charge in [0.05, 0.1) is 0 Å². The lowest BCUT2D eigenvalue weighted by atomic mass is 10.3. The van der Waals surface area contributed by atoms with Crippen molar-refractivity contribution in [1.82, 2.24) is 9.80 Å². The highest BCUT2D eigenvalue weighted by Crippen LogP contribution is 2.14. The summed E-state index contributed by atoms with van der Waals surface area (Å²) < 4.78 is 10.5. The molecule has 2 heterocycles. The van der Waals surface area contributed by atoms with Crippen molar-refractivity contribution in [1.29, 1.82) is 0 Å². The van der Waals surface area contributed by atoms with E-state index in [1.54, 1.807) is 0 Å². The maximum Gasteiger partial charge on any atom is 0.508 e. The number of likely N-dealkylation sites (tertiary alicyclic amines) is 2. The molecule has 5 nitrogen and oxygen atoms in total. The maximum absolute atomic E-state index is 11.5. The fourth-order valence-electron chi connectivity index (χ4n) is 2.28. The number of nitrogens with zero attached hydrogens (tertiary/aromatic N) is 2. The van der Waals surface area contributed by atoms with Crippen molar-refractivity contribution >= 4 is 6.16 Å². The highest BCUT2D eigenvalue weighted by molar-refractivity contribution is 5.60. The van der Waals surface area contributed by atoms with Crippen LogP contribution in [0.3, 0.4) is 0 Å². The third-order valence-electron chi connectivity index (χ3n) is 3.22. The predicted octanol–water partition coefficient (Wildman–Crippen LogP) is 0.548. The summed E-state index contributed by atoms with van der Waals surface area (Å²) >= 11 is 0. The first-order valence-corrected chi connectivity index (χ1v) is 5.88. The Morgan fingerprint density at radius 2 is 1.44 bits per heavy atom. The smallest absolute Gasteiger partial charge is 0.430 e. The van der Waals surface area contributed by atoms with Crippen LogP contribution in [0.1, 0.15) is 12.8 Å². The van der Waals surface area contributed by atoms with Crippen LogP contribution in [0.25, 0.3) is 0 Å². The lowest BCUT2D eigenvalue weighted by Crippen LogP contribution is -2.27. The van der Waals surface area contributed by atoms with Gasteiger partial charge >= 0.3 is 6.16 Å². The van der Waals surface area contributed by atoms with Crippen molar-refractivity contribution in [2.45, 2.75) is 25.0 Å². The molecular weight excluding hydrogens is 208 g/mol. The normalized spacial score (nSPS) is 31.9. The highest BCUT2D eigenvalue weighted by Gasteiger charge is 2.27. The van der Waals surface area contributed by atoms with Gasteiger partial charge in [0.2, 0.25) is 0 Å². The van der Waals surface area contributed by atoms with Gasteiger partial charge in [-0.05, 0) is 26.9 Å². The zero-order valence-corrected chi connectivity index (χ0v) is 10.0. The number of hydrogen-bond donors (Lipinski definition) is 0. The quantitative estimate of drug-likeness (QED) is 0.646. The molecule has 0 saturated carbocycles. The summed E-state index contributed by atoms with van der Waals surface area (Å²) in [5.74, 6) is 0. The lowest BCUT2D eigenvalue weighted by molar-refractivity contribution is 0.00449. The van der Waals surface area contributed by atoms with Gasteiger partial charge in [-0.1, -0.05) is 0 Å². The van der Waals surface area contributed by atoms with Crippen molar-refractivity contribution in [2.75, 3.05) is 40.3 Å². The van der Waals surface area contributed by atoms with E-state index in [0.717, 1.165) is 39.0 Å². The average Bonchev–Trinajstić information content (AvgIpc) is 2.76. The molecule has 2 rings (SSSR count). The molecule has 2 aliphatic rings. The minimum Gasteiger partial charge on any atom is -0.430 e. The molecule has 0 spiro atoms. The van der Waals surface area contributed by atoms with Gasteiger partial charge in [0.25, 0.3) is 0 Å². The zero-order valence-electron chi connectivity index (χ0n) is 10.0. The van der Waals surface area contributed by atoms with Crippen LogP contribution in [0.15, 0.2) is 0 Å². The molecule has 0 amide bonds. The molecule has 0 aromatic heterocycles. The fourth-order valence-corrected chi connectivity index (χ4v) is 2.28. The standard InChI is InChI=1S/C11H20N2O3/c1-12-5-3-9(7-12)15-11(14)16-10-4-6-13(2)8-10/h9-10H,3-8H2,1-2H3. The summed E-state index contributed by atoms with van der Waals surface area (Å²) in [5.41, 5.74) is 0. The van der Waals surface area contributed by atoms with Gasteiger partial charge in [-0.15, -0.1) is 0 Å². The molecule has 0 aromatic rings. The Bertz CT molecular complexity index is 236. The molecule has 16 heavy (non-hydrogen) atoms. The topological polar surface area (TPSA) is 42.0 Å². The molecule has 0 aromatic carbocycles. The van der Waals surface area contributed by atoms with E-state index in [0.29, 0.717) is 0 Å². The van der Waals surface area contributed by atoms with Crippen molar-refractivity contribution in [2.24, 2.45) is 0 Å². The van der Waals surface area contributed by atoms with Crippen LogP contribution in [-0.2, 0) is 9.47 Å². The third kappa shape index (κ3) is 3.09. The number of rotatable bonds is 2. The zero-order chi connectivity index (χ0) is 11.5.